The molecule has 1 atom stereocenters. The molecule has 1 heterocycles. The molecule has 2 aromatic rings. The standard InChI is InChI=1S/C16H21N3/c1-4-11(2)13-5-7-14(8-6-13)16-9-15(10-17)18-12(3)19-16/h5-9,11H,4,10,17H2,1-3H3. The van der Waals surface area contributed by atoms with Crippen LogP contribution in [0.25, 0.3) is 11.3 Å². The van der Waals surface area contributed by atoms with Crippen molar-refractivity contribution in [1.82, 2.24) is 9.97 Å². The molecule has 0 fully saturated rings. The molecule has 0 saturated heterocycles. The van der Waals surface area contributed by atoms with Crippen molar-refractivity contribution >= 4 is 0 Å². The van der Waals surface area contributed by atoms with E-state index in [9.17, 15) is 0 Å². The summed E-state index contributed by atoms with van der Waals surface area (Å²) in [4.78, 5) is 8.78. The predicted octanol–water partition coefficient (Wildman–Crippen LogP) is 3.42. The molecule has 0 radical (unpaired) electrons. The van der Waals surface area contributed by atoms with Gasteiger partial charge in [-0.3, -0.25) is 0 Å². The highest BCUT2D eigenvalue weighted by Gasteiger charge is 2.06. The number of nitrogens with two attached hydrogens (primary N) is 1. The number of hydrogen-bond donors (Lipinski definition) is 1. The number of rotatable bonds is 4. The summed E-state index contributed by atoms with van der Waals surface area (Å²) in [5.74, 6) is 1.37. The molecule has 1 aromatic heterocycles. The van der Waals surface area contributed by atoms with Crippen molar-refractivity contribution in [2.75, 3.05) is 0 Å². The minimum Gasteiger partial charge on any atom is -0.325 e. The highest BCUT2D eigenvalue weighted by molar-refractivity contribution is 5.59. The van der Waals surface area contributed by atoms with E-state index in [-0.39, 0.29) is 0 Å². The van der Waals surface area contributed by atoms with E-state index in [4.69, 9.17) is 5.73 Å². The molecule has 0 spiro atoms. The van der Waals surface area contributed by atoms with E-state index < -0.39 is 0 Å². The van der Waals surface area contributed by atoms with E-state index in [0.717, 1.165) is 29.2 Å². The Morgan fingerprint density at radius 2 is 1.84 bits per heavy atom. The van der Waals surface area contributed by atoms with Crippen molar-refractivity contribution in [3.05, 3.63) is 47.4 Å². The minimum absolute atomic E-state index is 0.446. The molecule has 0 amide bonds. The number of aromatic nitrogens is 2. The van der Waals surface area contributed by atoms with E-state index in [0.29, 0.717) is 12.5 Å². The second kappa shape index (κ2) is 5.93. The van der Waals surface area contributed by atoms with Gasteiger partial charge in [0.05, 0.1) is 11.4 Å². The van der Waals surface area contributed by atoms with Crippen LogP contribution in [0, 0.1) is 6.92 Å². The number of nitrogens with zero attached hydrogens (tertiary/aromatic N) is 2. The van der Waals surface area contributed by atoms with Gasteiger partial charge < -0.3 is 5.73 Å². The van der Waals surface area contributed by atoms with Gasteiger partial charge in [0.1, 0.15) is 5.82 Å². The SMILES string of the molecule is CCC(C)c1ccc(-c2cc(CN)nc(C)n2)cc1. The van der Waals surface area contributed by atoms with Crippen molar-refractivity contribution < 1.29 is 0 Å². The first-order valence-corrected chi connectivity index (χ1v) is 6.79. The Kier molecular flexibility index (Phi) is 4.27. The Morgan fingerprint density at radius 3 is 2.42 bits per heavy atom. The number of aryl methyl sites for hydroxylation is 1. The molecule has 0 aliphatic rings. The van der Waals surface area contributed by atoms with Crippen molar-refractivity contribution in [3.8, 4) is 11.3 Å². The fourth-order valence-corrected chi connectivity index (χ4v) is 2.10. The van der Waals surface area contributed by atoms with Crippen LogP contribution in [-0.4, -0.2) is 9.97 Å². The van der Waals surface area contributed by atoms with E-state index >= 15 is 0 Å². The lowest BCUT2D eigenvalue weighted by molar-refractivity contribution is 0.734. The van der Waals surface area contributed by atoms with Gasteiger partial charge in [-0.05, 0) is 30.9 Å². The zero-order valence-corrected chi connectivity index (χ0v) is 11.9. The lowest BCUT2D eigenvalue weighted by atomic mass is 9.97. The van der Waals surface area contributed by atoms with Crippen LogP contribution in [0.5, 0.6) is 0 Å². The first kappa shape index (κ1) is 13.7. The number of benzene rings is 1. The van der Waals surface area contributed by atoms with Gasteiger partial charge in [-0.15, -0.1) is 0 Å². The summed E-state index contributed by atoms with van der Waals surface area (Å²) < 4.78 is 0. The van der Waals surface area contributed by atoms with Crippen LogP contribution in [-0.2, 0) is 6.54 Å². The Hall–Kier alpha value is -1.74. The topological polar surface area (TPSA) is 51.8 Å². The van der Waals surface area contributed by atoms with Gasteiger partial charge in [-0.2, -0.15) is 0 Å². The van der Waals surface area contributed by atoms with Gasteiger partial charge in [-0.1, -0.05) is 38.1 Å². The lowest BCUT2D eigenvalue weighted by Crippen LogP contribution is -2.03. The molecule has 0 saturated carbocycles. The summed E-state index contributed by atoms with van der Waals surface area (Å²) in [7, 11) is 0. The maximum Gasteiger partial charge on any atom is 0.126 e. The summed E-state index contributed by atoms with van der Waals surface area (Å²) >= 11 is 0. The highest BCUT2D eigenvalue weighted by atomic mass is 14.9. The fraction of sp³-hybridized carbons (Fsp3) is 0.375. The second-order valence-electron chi connectivity index (χ2n) is 4.93. The van der Waals surface area contributed by atoms with Crippen LogP contribution < -0.4 is 5.73 Å². The van der Waals surface area contributed by atoms with Gasteiger partial charge in [0.15, 0.2) is 0 Å². The molecule has 19 heavy (non-hydrogen) atoms. The Balaban J connectivity index is 2.34. The summed E-state index contributed by atoms with van der Waals surface area (Å²) in [6.45, 7) is 6.80. The molecule has 2 N–H and O–H groups in total. The van der Waals surface area contributed by atoms with Crippen LogP contribution in [0.15, 0.2) is 30.3 Å². The normalized spacial score (nSPS) is 12.4. The van der Waals surface area contributed by atoms with Gasteiger partial charge in [0.25, 0.3) is 0 Å². The minimum atomic E-state index is 0.446. The first-order valence-electron chi connectivity index (χ1n) is 6.79. The van der Waals surface area contributed by atoms with Crippen LogP contribution in [0.3, 0.4) is 0 Å². The van der Waals surface area contributed by atoms with E-state index in [1.807, 2.05) is 13.0 Å². The monoisotopic (exact) mass is 255 g/mol. The molecule has 0 bridgehead atoms. The van der Waals surface area contributed by atoms with Crippen molar-refractivity contribution in [1.29, 1.82) is 0 Å². The van der Waals surface area contributed by atoms with Gasteiger partial charge in [0, 0.05) is 12.1 Å². The zero-order chi connectivity index (χ0) is 13.8. The van der Waals surface area contributed by atoms with Crippen molar-refractivity contribution in [2.24, 2.45) is 5.73 Å². The van der Waals surface area contributed by atoms with E-state index in [2.05, 4.69) is 48.1 Å². The molecule has 0 aliphatic heterocycles. The van der Waals surface area contributed by atoms with E-state index in [1.165, 1.54) is 5.56 Å². The predicted molar refractivity (Wildman–Crippen MR) is 78.8 cm³/mol. The maximum atomic E-state index is 5.66. The molecule has 1 aromatic carbocycles. The molecule has 3 nitrogen and oxygen atoms in total. The summed E-state index contributed by atoms with van der Waals surface area (Å²) in [6.07, 6.45) is 1.16. The smallest absolute Gasteiger partial charge is 0.126 e. The van der Waals surface area contributed by atoms with Crippen LogP contribution in [0.1, 0.15) is 43.3 Å². The Morgan fingerprint density at radius 1 is 1.16 bits per heavy atom. The quantitative estimate of drug-likeness (QED) is 0.910. The van der Waals surface area contributed by atoms with Gasteiger partial charge in [0.2, 0.25) is 0 Å². The molecule has 0 aliphatic carbocycles. The van der Waals surface area contributed by atoms with Crippen molar-refractivity contribution in [3.63, 3.8) is 0 Å². The number of hydrogen-bond acceptors (Lipinski definition) is 3. The second-order valence-corrected chi connectivity index (χ2v) is 4.93. The third-order valence-electron chi connectivity index (χ3n) is 3.49. The molecular formula is C16H21N3. The lowest BCUT2D eigenvalue weighted by Gasteiger charge is -2.10. The van der Waals surface area contributed by atoms with Gasteiger partial charge in [-0.25, -0.2) is 9.97 Å². The molecule has 2 rings (SSSR count). The molecule has 1 unspecified atom stereocenters. The zero-order valence-electron chi connectivity index (χ0n) is 11.9. The Bertz CT molecular complexity index is 546. The Labute approximate surface area is 114 Å². The average Bonchev–Trinajstić information content (AvgIpc) is 2.46. The highest BCUT2D eigenvalue weighted by Crippen LogP contribution is 2.23. The summed E-state index contributed by atoms with van der Waals surface area (Å²) in [5, 5.41) is 0. The molecule has 3 heteroatoms. The molecule has 100 valence electrons. The third-order valence-corrected chi connectivity index (χ3v) is 3.49. The summed E-state index contributed by atoms with van der Waals surface area (Å²) in [5.41, 5.74) is 9.98. The van der Waals surface area contributed by atoms with Crippen LogP contribution >= 0.6 is 0 Å². The summed E-state index contributed by atoms with van der Waals surface area (Å²) in [6, 6.07) is 10.6. The maximum absolute atomic E-state index is 5.66. The van der Waals surface area contributed by atoms with Crippen LogP contribution in [0.4, 0.5) is 0 Å². The third kappa shape index (κ3) is 3.18. The first-order chi connectivity index (χ1) is 9.13. The fourth-order valence-electron chi connectivity index (χ4n) is 2.10. The molecular weight excluding hydrogens is 234 g/mol. The largest absolute Gasteiger partial charge is 0.325 e. The van der Waals surface area contributed by atoms with Crippen molar-refractivity contribution in [2.45, 2.75) is 39.7 Å². The van der Waals surface area contributed by atoms with E-state index in [1.54, 1.807) is 0 Å². The van der Waals surface area contributed by atoms with Gasteiger partial charge >= 0.3 is 0 Å². The van der Waals surface area contributed by atoms with Crippen LogP contribution in [0.2, 0.25) is 0 Å². The average molecular weight is 255 g/mol.